The highest BCUT2D eigenvalue weighted by Crippen LogP contribution is 1.99. The monoisotopic (exact) mass is 136 g/mol. The van der Waals surface area contributed by atoms with E-state index in [9.17, 15) is 0 Å². The molecule has 0 saturated carbocycles. The number of allylic oxidation sites excluding steroid dienone is 1. The van der Waals surface area contributed by atoms with Crippen molar-refractivity contribution >= 4 is 0 Å². The van der Waals surface area contributed by atoms with Crippen LogP contribution in [0.4, 0.5) is 0 Å². The molecule has 2 heteroatoms. The van der Waals surface area contributed by atoms with E-state index in [2.05, 4.69) is 18.6 Å². The summed E-state index contributed by atoms with van der Waals surface area (Å²) >= 11 is 0. The Balaban J connectivity index is 2.48. The minimum Gasteiger partial charge on any atom is -0.269 e. The lowest BCUT2D eigenvalue weighted by atomic mass is 10.2. The molecule has 0 N–H and O–H groups in total. The predicted octanol–water partition coefficient (Wildman–Crippen LogP) is 1.85. The predicted molar refractivity (Wildman–Crippen MR) is 41.7 cm³/mol. The minimum atomic E-state index is 0.851. The minimum absolute atomic E-state index is 0.851. The van der Waals surface area contributed by atoms with Gasteiger partial charge in [0.1, 0.15) is 0 Å². The highest BCUT2D eigenvalue weighted by atomic mass is 15.3. The van der Waals surface area contributed by atoms with Gasteiger partial charge >= 0.3 is 0 Å². The van der Waals surface area contributed by atoms with Crippen LogP contribution in [0.2, 0.25) is 0 Å². The van der Waals surface area contributed by atoms with Crippen molar-refractivity contribution in [2.75, 3.05) is 0 Å². The highest BCUT2D eigenvalue weighted by molar-refractivity contribution is 4.93. The van der Waals surface area contributed by atoms with Crippen LogP contribution in [0.1, 0.15) is 13.3 Å². The summed E-state index contributed by atoms with van der Waals surface area (Å²) in [5.74, 6) is 0. The van der Waals surface area contributed by atoms with Crippen molar-refractivity contribution in [3.63, 3.8) is 0 Å². The Bertz CT molecular complexity index is 199. The molecule has 0 bridgehead atoms. The normalized spacial score (nSPS) is 9.70. The molecule has 1 rings (SSSR count). The molecule has 0 fully saturated rings. The molecular formula is C8H12N2. The zero-order valence-electron chi connectivity index (χ0n) is 6.25. The molecule has 0 spiro atoms. The SMILES string of the molecule is C=C(CC)Cn1cccn1. The lowest BCUT2D eigenvalue weighted by Gasteiger charge is -2.00. The van der Waals surface area contributed by atoms with Gasteiger partial charge in [-0.15, -0.1) is 0 Å². The zero-order valence-corrected chi connectivity index (χ0v) is 6.25. The van der Waals surface area contributed by atoms with Crippen LogP contribution >= 0.6 is 0 Å². The Kier molecular flexibility index (Phi) is 2.26. The van der Waals surface area contributed by atoms with Crippen molar-refractivity contribution in [3.8, 4) is 0 Å². The lowest BCUT2D eigenvalue weighted by Crippen LogP contribution is -1.99. The molecule has 0 unspecified atom stereocenters. The summed E-state index contributed by atoms with van der Waals surface area (Å²) < 4.78 is 1.88. The molecule has 1 aromatic rings. The Morgan fingerprint density at radius 2 is 2.50 bits per heavy atom. The Morgan fingerprint density at radius 1 is 1.70 bits per heavy atom. The quantitative estimate of drug-likeness (QED) is 0.580. The Morgan fingerprint density at radius 3 is 3.00 bits per heavy atom. The summed E-state index contributed by atoms with van der Waals surface area (Å²) in [4.78, 5) is 0. The molecule has 0 atom stereocenters. The first kappa shape index (κ1) is 7.06. The van der Waals surface area contributed by atoms with E-state index in [0.29, 0.717) is 0 Å². The van der Waals surface area contributed by atoms with Crippen LogP contribution in [-0.4, -0.2) is 9.78 Å². The van der Waals surface area contributed by atoms with E-state index >= 15 is 0 Å². The largest absolute Gasteiger partial charge is 0.269 e. The third kappa shape index (κ3) is 1.72. The van der Waals surface area contributed by atoms with Crippen molar-refractivity contribution in [2.24, 2.45) is 0 Å². The molecule has 0 aliphatic rings. The van der Waals surface area contributed by atoms with E-state index in [1.165, 1.54) is 5.57 Å². The average Bonchev–Trinajstić information content (AvgIpc) is 2.40. The molecule has 0 amide bonds. The van der Waals surface area contributed by atoms with Crippen LogP contribution < -0.4 is 0 Å². The van der Waals surface area contributed by atoms with Gasteiger partial charge in [-0.1, -0.05) is 19.1 Å². The topological polar surface area (TPSA) is 17.8 Å². The summed E-state index contributed by atoms with van der Waals surface area (Å²) in [7, 11) is 0. The Hall–Kier alpha value is -1.05. The number of hydrogen-bond donors (Lipinski definition) is 0. The van der Waals surface area contributed by atoms with E-state index in [0.717, 1.165) is 13.0 Å². The second kappa shape index (κ2) is 3.20. The van der Waals surface area contributed by atoms with E-state index in [1.807, 2.05) is 16.9 Å². The molecule has 54 valence electrons. The standard InChI is InChI=1S/C8H12N2/c1-3-8(2)7-10-6-4-5-9-10/h4-6H,2-3,7H2,1H3. The van der Waals surface area contributed by atoms with Crippen LogP contribution in [0.25, 0.3) is 0 Å². The van der Waals surface area contributed by atoms with Gasteiger partial charge in [0.25, 0.3) is 0 Å². The summed E-state index contributed by atoms with van der Waals surface area (Å²) in [6, 6.07) is 1.92. The highest BCUT2D eigenvalue weighted by Gasteiger charge is 1.91. The van der Waals surface area contributed by atoms with Gasteiger partial charge in [-0.05, 0) is 12.5 Å². The number of aromatic nitrogens is 2. The van der Waals surface area contributed by atoms with Gasteiger partial charge in [0.15, 0.2) is 0 Å². The van der Waals surface area contributed by atoms with Gasteiger partial charge in [0.05, 0.1) is 6.54 Å². The number of rotatable bonds is 3. The van der Waals surface area contributed by atoms with Crippen LogP contribution in [0.3, 0.4) is 0 Å². The third-order valence-corrected chi connectivity index (χ3v) is 1.44. The summed E-state index contributed by atoms with van der Waals surface area (Å²) in [5.41, 5.74) is 1.21. The maximum Gasteiger partial charge on any atom is 0.0616 e. The van der Waals surface area contributed by atoms with Crippen molar-refractivity contribution in [1.82, 2.24) is 9.78 Å². The average molecular weight is 136 g/mol. The maximum absolute atomic E-state index is 4.06. The fraction of sp³-hybridized carbons (Fsp3) is 0.375. The van der Waals surface area contributed by atoms with Gasteiger partial charge < -0.3 is 0 Å². The van der Waals surface area contributed by atoms with Crippen LogP contribution in [-0.2, 0) is 6.54 Å². The van der Waals surface area contributed by atoms with E-state index < -0.39 is 0 Å². The van der Waals surface area contributed by atoms with Gasteiger partial charge in [0.2, 0.25) is 0 Å². The van der Waals surface area contributed by atoms with Gasteiger partial charge in [-0.3, -0.25) is 4.68 Å². The van der Waals surface area contributed by atoms with Crippen molar-refractivity contribution in [3.05, 3.63) is 30.6 Å². The van der Waals surface area contributed by atoms with Gasteiger partial charge in [-0.25, -0.2) is 0 Å². The second-order valence-electron chi connectivity index (χ2n) is 2.31. The van der Waals surface area contributed by atoms with Crippen molar-refractivity contribution in [2.45, 2.75) is 19.9 Å². The number of hydrogen-bond acceptors (Lipinski definition) is 1. The fourth-order valence-corrected chi connectivity index (χ4v) is 0.735. The first-order chi connectivity index (χ1) is 4.83. The van der Waals surface area contributed by atoms with Crippen molar-refractivity contribution in [1.29, 1.82) is 0 Å². The first-order valence-electron chi connectivity index (χ1n) is 3.47. The first-order valence-corrected chi connectivity index (χ1v) is 3.47. The fourth-order valence-electron chi connectivity index (χ4n) is 0.735. The summed E-state index contributed by atoms with van der Waals surface area (Å²) in [6.45, 7) is 6.84. The lowest BCUT2D eigenvalue weighted by molar-refractivity contribution is 0.664. The van der Waals surface area contributed by atoms with Crippen LogP contribution in [0.15, 0.2) is 30.6 Å². The van der Waals surface area contributed by atoms with Gasteiger partial charge in [-0.2, -0.15) is 5.10 Å². The molecule has 0 aliphatic heterocycles. The van der Waals surface area contributed by atoms with E-state index in [4.69, 9.17) is 0 Å². The third-order valence-electron chi connectivity index (χ3n) is 1.44. The van der Waals surface area contributed by atoms with E-state index in [-0.39, 0.29) is 0 Å². The molecule has 0 saturated heterocycles. The maximum atomic E-state index is 4.06. The molecule has 0 radical (unpaired) electrons. The van der Waals surface area contributed by atoms with Crippen LogP contribution in [0, 0.1) is 0 Å². The molecule has 1 aromatic heterocycles. The molecule has 0 aromatic carbocycles. The molecule has 0 aliphatic carbocycles. The molecule has 1 heterocycles. The zero-order chi connectivity index (χ0) is 7.40. The Labute approximate surface area is 61.2 Å². The number of nitrogens with zero attached hydrogens (tertiary/aromatic N) is 2. The molecule has 2 nitrogen and oxygen atoms in total. The molecule has 10 heavy (non-hydrogen) atoms. The molecular weight excluding hydrogens is 124 g/mol. The second-order valence-corrected chi connectivity index (χ2v) is 2.31. The summed E-state index contributed by atoms with van der Waals surface area (Å²) in [6.07, 6.45) is 4.75. The summed E-state index contributed by atoms with van der Waals surface area (Å²) in [5, 5.41) is 4.06. The van der Waals surface area contributed by atoms with Gasteiger partial charge in [0, 0.05) is 12.4 Å². The van der Waals surface area contributed by atoms with E-state index in [1.54, 1.807) is 6.20 Å². The smallest absolute Gasteiger partial charge is 0.0616 e. The van der Waals surface area contributed by atoms with Crippen LogP contribution in [0.5, 0.6) is 0 Å². The van der Waals surface area contributed by atoms with Crippen molar-refractivity contribution < 1.29 is 0 Å².